The standard InChI is InChI=1S/C7H7NO4/c1-12-7-3-2-5(8(10)11)4-6(7)9/h2-4,9H,1H3/p-1. The van der Waals surface area contributed by atoms with Gasteiger partial charge in [-0.05, 0) is 6.07 Å². The van der Waals surface area contributed by atoms with Gasteiger partial charge in [0.2, 0.25) is 0 Å². The van der Waals surface area contributed by atoms with Crippen molar-refractivity contribution < 1.29 is 14.8 Å². The molecule has 12 heavy (non-hydrogen) atoms. The molecular formula is C7H6NO4-. The highest BCUT2D eigenvalue weighted by Crippen LogP contribution is 2.26. The molecular weight excluding hydrogens is 162 g/mol. The van der Waals surface area contributed by atoms with Gasteiger partial charge < -0.3 is 9.84 Å². The smallest absolute Gasteiger partial charge is 0.269 e. The molecule has 0 aliphatic heterocycles. The van der Waals surface area contributed by atoms with E-state index in [0.29, 0.717) is 0 Å². The molecule has 1 aromatic rings. The van der Waals surface area contributed by atoms with Crippen LogP contribution in [0.3, 0.4) is 0 Å². The van der Waals surface area contributed by atoms with Crippen LogP contribution in [0, 0.1) is 10.1 Å². The first-order valence-corrected chi connectivity index (χ1v) is 3.14. The van der Waals surface area contributed by atoms with Crippen molar-refractivity contribution in [2.75, 3.05) is 7.11 Å². The van der Waals surface area contributed by atoms with E-state index in [0.717, 1.165) is 6.07 Å². The molecule has 0 bridgehead atoms. The number of ether oxygens (including phenoxy) is 1. The number of benzene rings is 1. The van der Waals surface area contributed by atoms with E-state index in [1.807, 2.05) is 0 Å². The summed E-state index contributed by atoms with van der Waals surface area (Å²) in [7, 11) is 1.34. The minimum absolute atomic E-state index is 0.112. The SMILES string of the molecule is COc1ccc([N+](=O)[O-])cc1[O-]. The molecule has 0 unspecified atom stereocenters. The van der Waals surface area contributed by atoms with E-state index < -0.39 is 10.7 Å². The molecule has 64 valence electrons. The molecule has 1 aromatic carbocycles. The Bertz CT molecular complexity index is 310. The third-order valence-corrected chi connectivity index (χ3v) is 1.36. The van der Waals surface area contributed by atoms with Crippen molar-refractivity contribution in [2.45, 2.75) is 0 Å². The van der Waals surface area contributed by atoms with E-state index in [1.165, 1.54) is 19.2 Å². The fourth-order valence-electron chi connectivity index (χ4n) is 0.779. The zero-order valence-corrected chi connectivity index (χ0v) is 6.31. The zero-order chi connectivity index (χ0) is 9.14. The lowest BCUT2D eigenvalue weighted by atomic mass is 10.3. The lowest BCUT2D eigenvalue weighted by Crippen LogP contribution is -1.96. The van der Waals surface area contributed by atoms with Gasteiger partial charge >= 0.3 is 0 Å². The van der Waals surface area contributed by atoms with Crippen molar-refractivity contribution in [3.05, 3.63) is 28.3 Å². The molecule has 5 nitrogen and oxygen atoms in total. The number of nitrogens with zero attached hydrogens (tertiary/aromatic N) is 1. The molecule has 0 aliphatic rings. The lowest BCUT2D eigenvalue weighted by Gasteiger charge is -2.10. The van der Waals surface area contributed by atoms with Crippen LogP contribution in [0.15, 0.2) is 18.2 Å². The Hall–Kier alpha value is -1.78. The zero-order valence-electron chi connectivity index (χ0n) is 6.31. The summed E-state index contributed by atoms with van der Waals surface area (Å²) < 4.78 is 4.64. The molecule has 0 radical (unpaired) electrons. The second-order valence-electron chi connectivity index (χ2n) is 2.09. The normalized spacial score (nSPS) is 9.42. The van der Waals surface area contributed by atoms with Crippen molar-refractivity contribution >= 4 is 5.69 Å². The Morgan fingerprint density at radius 2 is 2.17 bits per heavy atom. The highest BCUT2D eigenvalue weighted by atomic mass is 16.6. The Balaban J connectivity index is 3.10. The minimum Gasteiger partial charge on any atom is -0.870 e. The third-order valence-electron chi connectivity index (χ3n) is 1.36. The van der Waals surface area contributed by atoms with Crippen LogP contribution in [0.5, 0.6) is 11.5 Å². The molecule has 1 rings (SSSR count). The number of hydrogen-bond donors (Lipinski definition) is 0. The van der Waals surface area contributed by atoms with E-state index in [1.54, 1.807) is 0 Å². The van der Waals surface area contributed by atoms with Crippen molar-refractivity contribution in [1.82, 2.24) is 0 Å². The van der Waals surface area contributed by atoms with Gasteiger partial charge in [0.15, 0.2) is 0 Å². The summed E-state index contributed by atoms with van der Waals surface area (Å²) in [4.78, 5) is 9.55. The summed E-state index contributed by atoms with van der Waals surface area (Å²) in [5.41, 5.74) is -0.221. The van der Waals surface area contributed by atoms with Gasteiger partial charge in [-0.25, -0.2) is 0 Å². The second-order valence-corrected chi connectivity index (χ2v) is 2.09. The molecule has 0 aliphatic carbocycles. The average molecular weight is 168 g/mol. The average Bonchev–Trinajstić information content (AvgIpc) is 2.04. The predicted octanol–water partition coefficient (Wildman–Crippen LogP) is 0.677. The number of nitro groups is 1. The first-order chi connectivity index (χ1) is 5.65. The molecule has 0 fully saturated rings. The molecule has 0 heterocycles. The van der Waals surface area contributed by atoms with Crippen molar-refractivity contribution in [3.8, 4) is 11.5 Å². The summed E-state index contributed by atoms with van der Waals surface area (Å²) in [5, 5.41) is 21.1. The Kier molecular flexibility index (Phi) is 2.14. The van der Waals surface area contributed by atoms with Gasteiger partial charge in [0, 0.05) is 12.1 Å². The monoisotopic (exact) mass is 168 g/mol. The summed E-state index contributed by atoms with van der Waals surface area (Å²) >= 11 is 0. The fourth-order valence-corrected chi connectivity index (χ4v) is 0.779. The van der Waals surface area contributed by atoms with Crippen molar-refractivity contribution in [2.24, 2.45) is 0 Å². The van der Waals surface area contributed by atoms with Crippen molar-refractivity contribution in [1.29, 1.82) is 0 Å². The molecule has 0 N–H and O–H groups in total. The third kappa shape index (κ3) is 1.45. The maximum absolute atomic E-state index is 10.9. The van der Waals surface area contributed by atoms with Crippen LogP contribution in [0.1, 0.15) is 0 Å². The number of methoxy groups -OCH3 is 1. The first kappa shape index (κ1) is 8.32. The quantitative estimate of drug-likeness (QED) is 0.480. The maximum Gasteiger partial charge on any atom is 0.269 e. The number of hydrogen-bond acceptors (Lipinski definition) is 4. The largest absolute Gasteiger partial charge is 0.870 e. The van der Waals surface area contributed by atoms with Gasteiger partial charge in [0.05, 0.1) is 12.0 Å². The number of non-ortho nitro benzene ring substituents is 1. The highest BCUT2D eigenvalue weighted by Gasteiger charge is 2.04. The molecule has 5 heteroatoms. The highest BCUT2D eigenvalue weighted by molar-refractivity contribution is 5.46. The van der Waals surface area contributed by atoms with E-state index in [4.69, 9.17) is 0 Å². The van der Waals surface area contributed by atoms with Gasteiger partial charge in [-0.2, -0.15) is 0 Å². The molecule has 0 atom stereocenters. The first-order valence-electron chi connectivity index (χ1n) is 3.14. The van der Waals surface area contributed by atoms with Crippen LogP contribution in [0.25, 0.3) is 0 Å². The summed E-state index contributed by atoms with van der Waals surface area (Å²) in [5.74, 6) is -0.368. The van der Waals surface area contributed by atoms with E-state index >= 15 is 0 Å². The number of rotatable bonds is 2. The molecule has 0 saturated carbocycles. The maximum atomic E-state index is 10.9. The van der Waals surface area contributed by atoms with Crippen LogP contribution in [0.4, 0.5) is 5.69 Å². The molecule has 0 amide bonds. The van der Waals surface area contributed by atoms with Gasteiger partial charge in [0.1, 0.15) is 5.75 Å². The predicted molar refractivity (Wildman–Crippen MR) is 39.1 cm³/mol. The van der Waals surface area contributed by atoms with E-state index in [2.05, 4.69) is 4.74 Å². The van der Waals surface area contributed by atoms with Gasteiger partial charge in [0.25, 0.3) is 5.69 Å². The van der Waals surface area contributed by atoms with Crippen LogP contribution >= 0.6 is 0 Å². The van der Waals surface area contributed by atoms with E-state index in [-0.39, 0.29) is 11.4 Å². The Morgan fingerprint density at radius 1 is 1.50 bits per heavy atom. The van der Waals surface area contributed by atoms with Crippen LogP contribution in [-0.2, 0) is 0 Å². The Labute approximate surface area is 68.4 Å². The van der Waals surface area contributed by atoms with Gasteiger partial charge in [-0.3, -0.25) is 10.1 Å². The summed E-state index contributed by atoms with van der Waals surface area (Å²) in [6.45, 7) is 0. The molecule has 0 spiro atoms. The summed E-state index contributed by atoms with van der Waals surface area (Å²) in [6.07, 6.45) is 0. The van der Waals surface area contributed by atoms with Crippen LogP contribution < -0.4 is 9.84 Å². The molecule has 0 saturated heterocycles. The lowest BCUT2D eigenvalue weighted by molar-refractivity contribution is -0.385. The fraction of sp³-hybridized carbons (Fsp3) is 0.143. The van der Waals surface area contributed by atoms with Gasteiger partial charge in [-0.15, -0.1) is 0 Å². The van der Waals surface area contributed by atoms with Crippen LogP contribution in [0.2, 0.25) is 0 Å². The molecule has 0 aromatic heterocycles. The van der Waals surface area contributed by atoms with Gasteiger partial charge in [-0.1, -0.05) is 5.75 Å². The minimum atomic E-state index is -0.624. The summed E-state index contributed by atoms with van der Waals surface area (Å²) in [6, 6.07) is 3.43. The topological polar surface area (TPSA) is 75.4 Å². The Morgan fingerprint density at radius 3 is 2.58 bits per heavy atom. The van der Waals surface area contributed by atoms with E-state index in [9.17, 15) is 15.2 Å². The second kappa shape index (κ2) is 3.08. The van der Waals surface area contributed by atoms with Crippen LogP contribution in [-0.4, -0.2) is 12.0 Å². The number of nitro benzene ring substituents is 1. The van der Waals surface area contributed by atoms with Crippen molar-refractivity contribution in [3.63, 3.8) is 0 Å².